The average Bonchev–Trinajstić information content (AvgIpc) is 2.88. The number of nitrogens with zero attached hydrogens (tertiary/aromatic N) is 4. The van der Waals surface area contributed by atoms with Gasteiger partial charge in [-0.05, 0) is 26.3 Å². The zero-order chi connectivity index (χ0) is 19.0. The van der Waals surface area contributed by atoms with Crippen molar-refractivity contribution in [2.24, 2.45) is 20.9 Å². The summed E-state index contributed by atoms with van der Waals surface area (Å²) in [6.45, 7) is 5.94. The van der Waals surface area contributed by atoms with E-state index in [9.17, 15) is 4.79 Å². The first-order chi connectivity index (χ1) is 12.4. The van der Waals surface area contributed by atoms with Crippen molar-refractivity contribution in [2.75, 3.05) is 21.1 Å². The highest BCUT2D eigenvalue weighted by Gasteiger charge is 2.41. The zero-order valence-corrected chi connectivity index (χ0v) is 16.2. The lowest BCUT2D eigenvalue weighted by atomic mass is 9.76. The molecule has 5 nitrogen and oxygen atoms in total. The number of guanidine groups is 1. The van der Waals surface area contributed by atoms with E-state index in [1.807, 2.05) is 70.1 Å². The monoisotopic (exact) mass is 348 g/mol. The normalized spacial score (nSPS) is 21.6. The Balaban J connectivity index is 2.35. The summed E-state index contributed by atoms with van der Waals surface area (Å²) in [5.41, 5.74) is 5.71. The first-order valence-corrected chi connectivity index (χ1v) is 8.67. The Hall–Kier alpha value is -2.82. The first-order valence-electron chi connectivity index (χ1n) is 8.67. The van der Waals surface area contributed by atoms with E-state index < -0.39 is 0 Å². The minimum absolute atomic E-state index is 0.0492. The van der Waals surface area contributed by atoms with Crippen LogP contribution in [0.3, 0.4) is 0 Å². The van der Waals surface area contributed by atoms with Gasteiger partial charge in [-0.15, -0.1) is 0 Å². The van der Waals surface area contributed by atoms with Gasteiger partial charge in [-0.2, -0.15) is 0 Å². The second-order valence-corrected chi connectivity index (χ2v) is 6.91. The van der Waals surface area contributed by atoms with Crippen LogP contribution in [0, 0.1) is 5.92 Å². The summed E-state index contributed by atoms with van der Waals surface area (Å²) >= 11 is 0. The number of carbonyl (C=O) groups is 1. The topological polar surface area (TPSA) is 57.4 Å². The van der Waals surface area contributed by atoms with Gasteiger partial charge in [0.2, 0.25) is 5.96 Å². The third-order valence-corrected chi connectivity index (χ3v) is 4.67. The minimum Gasteiger partial charge on any atom is -0.347 e. The number of hydrogen-bond acceptors (Lipinski definition) is 5. The number of fused-ring (bicyclic) bond motifs is 3. The molecule has 1 aliphatic heterocycles. The molecular weight excluding hydrogens is 324 g/mol. The minimum atomic E-state index is -0.349. The van der Waals surface area contributed by atoms with Gasteiger partial charge < -0.3 is 4.90 Å². The molecule has 0 aromatic heterocycles. The molecule has 0 bridgehead atoms. The molecule has 2 aliphatic carbocycles. The van der Waals surface area contributed by atoms with Crippen LogP contribution in [0.4, 0.5) is 0 Å². The largest absolute Gasteiger partial charge is 0.347 e. The van der Waals surface area contributed by atoms with E-state index in [0.717, 1.165) is 28.1 Å². The van der Waals surface area contributed by atoms with Gasteiger partial charge in [0.25, 0.3) is 0 Å². The molecule has 1 heterocycles. The summed E-state index contributed by atoms with van der Waals surface area (Å²) in [5, 5.41) is 0. The van der Waals surface area contributed by atoms with Gasteiger partial charge >= 0.3 is 0 Å². The molecule has 26 heavy (non-hydrogen) atoms. The number of carbonyl (C=O) groups excluding carboxylic acids is 1. The fourth-order valence-electron chi connectivity index (χ4n) is 3.39. The van der Waals surface area contributed by atoms with Crippen molar-refractivity contribution in [1.82, 2.24) is 4.90 Å². The molecule has 1 atom stereocenters. The number of hydrogen-bond donors (Lipinski definition) is 0. The van der Waals surface area contributed by atoms with Crippen LogP contribution in [0.15, 0.2) is 73.3 Å². The van der Waals surface area contributed by atoms with Crippen LogP contribution in [0.1, 0.15) is 20.8 Å². The number of rotatable bonds is 2. The van der Waals surface area contributed by atoms with Gasteiger partial charge in [-0.25, -0.2) is 9.98 Å². The molecule has 0 aromatic carbocycles. The third-order valence-electron chi connectivity index (χ3n) is 4.67. The van der Waals surface area contributed by atoms with Gasteiger partial charge in [0.05, 0.1) is 17.2 Å². The summed E-state index contributed by atoms with van der Waals surface area (Å²) in [5.74, 6) is 0.310. The molecule has 0 amide bonds. The first kappa shape index (κ1) is 18.0. The van der Waals surface area contributed by atoms with E-state index in [-0.39, 0.29) is 11.7 Å². The zero-order valence-electron chi connectivity index (χ0n) is 16.2. The molecule has 3 rings (SSSR count). The van der Waals surface area contributed by atoms with Gasteiger partial charge in [0, 0.05) is 32.4 Å². The number of allylic oxidation sites excluding steroid dienone is 9. The molecule has 0 spiro atoms. The van der Waals surface area contributed by atoms with Gasteiger partial charge in [-0.1, -0.05) is 36.0 Å². The Morgan fingerprint density at radius 1 is 1.12 bits per heavy atom. The van der Waals surface area contributed by atoms with Gasteiger partial charge in [0.15, 0.2) is 5.78 Å². The van der Waals surface area contributed by atoms with E-state index in [4.69, 9.17) is 9.98 Å². The average molecular weight is 348 g/mol. The van der Waals surface area contributed by atoms with Crippen molar-refractivity contribution in [3.63, 3.8) is 0 Å². The maximum Gasteiger partial charge on any atom is 0.226 e. The molecule has 5 heteroatoms. The third kappa shape index (κ3) is 2.83. The predicted octanol–water partition coefficient (Wildman–Crippen LogP) is 3.29. The molecule has 134 valence electrons. The SMILES string of the molecule is CN=C(C)C(=C(C)C)C1=C2N=C(N(C)C)N=C2C2=CC=CC=CC2C1=O. The van der Waals surface area contributed by atoms with Crippen LogP contribution in [-0.4, -0.2) is 49.2 Å². The Kier molecular flexibility index (Phi) is 4.72. The van der Waals surface area contributed by atoms with Crippen LogP contribution in [-0.2, 0) is 4.79 Å². The second-order valence-electron chi connectivity index (χ2n) is 6.91. The van der Waals surface area contributed by atoms with Crippen LogP contribution in [0.2, 0.25) is 0 Å². The second kappa shape index (κ2) is 6.83. The Bertz CT molecular complexity index is 914. The van der Waals surface area contributed by atoms with Crippen molar-refractivity contribution in [3.8, 4) is 0 Å². The van der Waals surface area contributed by atoms with Crippen LogP contribution >= 0.6 is 0 Å². The van der Waals surface area contributed by atoms with Crippen molar-refractivity contribution < 1.29 is 4.79 Å². The van der Waals surface area contributed by atoms with Crippen LogP contribution in [0.25, 0.3) is 0 Å². The summed E-state index contributed by atoms with van der Waals surface area (Å²) in [4.78, 5) is 29.1. The molecule has 0 saturated heterocycles. The van der Waals surface area contributed by atoms with Crippen LogP contribution < -0.4 is 0 Å². The molecule has 0 aromatic rings. The molecule has 1 unspecified atom stereocenters. The fourth-order valence-corrected chi connectivity index (χ4v) is 3.39. The van der Waals surface area contributed by atoms with Crippen molar-refractivity contribution in [1.29, 1.82) is 0 Å². The van der Waals surface area contributed by atoms with Gasteiger partial charge in [-0.3, -0.25) is 9.79 Å². The number of Topliss-reactive ketones (excluding diaryl/α,β-unsaturated/α-hetero) is 1. The lowest BCUT2D eigenvalue weighted by molar-refractivity contribution is -0.116. The Labute approximate surface area is 154 Å². The highest BCUT2D eigenvalue weighted by molar-refractivity contribution is 6.32. The predicted molar refractivity (Wildman–Crippen MR) is 108 cm³/mol. The quantitative estimate of drug-likeness (QED) is 0.719. The Morgan fingerprint density at radius 2 is 1.85 bits per heavy atom. The van der Waals surface area contributed by atoms with Gasteiger partial charge in [0.1, 0.15) is 5.70 Å². The molecule has 0 saturated carbocycles. The highest BCUT2D eigenvalue weighted by atomic mass is 16.1. The number of ketones is 1. The van der Waals surface area contributed by atoms with E-state index in [1.165, 1.54) is 0 Å². The smallest absolute Gasteiger partial charge is 0.226 e. The molecule has 0 N–H and O–H groups in total. The molecule has 3 aliphatic rings. The standard InChI is InChI=1S/C21H24N4O/c1-12(2)16(13(3)22-4)17-19-18(23-21(24-19)25(5)6)14-10-8-7-9-11-15(14)20(17)26/h7-11,15H,1-6H3. The molecular formula is C21H24N4O. The lowest BCUT2D eigenvalue weighted by Gasteiger charge is -2.26. The van der Waals surface area contributed by atoms with Crippen molar-refractivity contribution in [3.05, 3.63) is 58.4 Å². The summed E-state index contributed by atoms with van der Waals surface area (Å²) in [6.07, 6.45) is 9.70. The lowest BCUT2D eigenvalue weighted by Crippen LogP contribution is -2.31. The number of aliphatic imine (C=N–C) groups is 3. The van der Waals surface area contributed by atoms with Crippen molar-refractivity contribution >= 4 is 23.2 Å². The summed E-state index contributed by atoms with van der Waals surface area (Å²) < 4.78 is 0. The maximum atomic E-state index is 13.5. The van der Waals surface area contributed by atoms with E-state index in [2.05, 4.69) is 4.99 Å². The fraction of sp³-hybridized carbons (Fsp3) is 0.333. The highest BCUT2D eigenvalue weighted by Crippen LogP contribution is 2.38. The van der Waals surface area contributed by atoms with Crippen LogP contribution in [0.5, 0.6) is 0 Å². The maximum absolute atomic E-state index is 13.5. The van der Waals surface area contributed by atoms with Crippen molar-refractivity contribution in [2.45, 2.75) is 20.8 Å². The molecule has 0 fully saturated rings. The Morgan fingerprint density at radius 3 is 2.46 bits per heavy atom. The summed E-state index contributed by atoms with van der Waals surface area (Å²) in [6, 6.07) is 0. The van der Waals surface area contributed by atoms with E-state index in [1.54, 1.807) is 7.05 Å². The van der Waals surface area contributed by atoms with E-state index in [0.29, 0.717) is 17.2 Å². The molecule has 0 radical (unpaired) electrons. The van der Waals surface area contributed by atoms with E-state index >= 15 is 0 Å². The summed E-state index contributed by atoms with van der Waals surface area (Å²) in [7, 11) is 5.55.